The van der Waals surface area contributed by atoms with E-state index in [4.69, 9.17) is 5.53 Å². The Kier molecular flexibility index (Phi) is 3.28. The molecule has 1 aliphatic carbocycles. The van der Waals surface area contributed by atoms with E-state index < -0.39 is 0 Å². The van der Waals surface area contributed by atoms with Gasteiger partial charge in [0.1, 0.15) is 0 Å². The van der Waals surface area contributed by atoms with Crippen molar-refractivity contribution in [3.05, 3.63) is 29.8 Å². The third kappa shape index (κ3) is 2.04. The van der Waals surface area contributed by atoms with Crippen LogP contribution in [0.4, 0.5) is 0 Å². The molecule has 0 saturated carbocycles. The van der Waals surface area contributed by atoms with Gasteiger partial charge in [-0.15, -0.1) is 0 Å². The van der Waals surface area contributed by atoms with E-state index in [9.17, 15) is 0 Å². The highest BCUT2D eigenvalue weighted by Gasteiger charge is 1.99. The van der Waals surface area contributed by atoms with Crippen LogP contribution < -0.4 is 0 Å². The highest BCUT2D eigenvalue weighted by atomic mass is 16.0. The van der Waals surface area contributed by atoms with Crippen LogP contribution in [-0.4, -0.2) is 16.0 Å². The quantitative estimate of drug-likeness (QED) is 0.330. The molecule has 0 radical (unpaired) electrons. The Morgan fingerprint density at radius 3 is 2.56 bits per heavy atom. The number of rotatable bonds is 0. The van der Waals surface area contributed by atoms with Crippen LogP contribution in [0.2, 0.25) is 0 Å². The van der Waals surface area contributed by atoms with Crippen molar-refractivity contribution in [3.63, 3.8) is 0 Å². The smallest absolute Gasteiger partial charge is 0.295 e. The second-order valence-electron chi connectivity index (χ2n) is 1.58. The van der Waals surface area contributed by atoms with E-state index in [1.165, 1.54) is 0 Å². The molecule has 0 aromatic rings. The summed E-state index contributed by atoms with van der Waals surface area (Å²) in [5, 5.41) is 0. The zero-order chi connectivity index (χ0) is 5.82. The van der Waals surface area contributed by atoms with Crippen molar-refractivity contribution in [2.75, 3.05) is 0 Å². The molecule has 0 aromatic heterocycles. The van der Waals surface area contributed by atoms with Crippen LogP contribution in [0.25, 0.3) is 5.53 Å². The maximum atomic E-state index is 8.19. The topological polar surface area (TPSA) is 67.9 Å². The normalized spacial score (nSPS) is 14.4. The van der Waals surface area contributed by atoms with Crippen molar-refractivity contribution in [2.24, 2.45) is 0 Å². The summed E-state index contributed by atoms with van der Waals surface area (Å²) in [4.78, 5) is 3.03. The first-order valence-corrected chi connectivity index (χ1v) is 2.47. The Morgan fingerprint density at radius 2 is 2.22 bits per heavy atom. The molecule has 0 atom stereocenters. The fourth-order valence-electron chi connectivity index (χ4n) is 0.576. The molecule has 1 aliphatic rings. The highest BCUT2D eigenvalue weighted by Crippen LogP contribution is 1.94. The Labute approximate surface area is 53.2 Å². The fraction of sp³-hybridized carbons (Fsp3) is 0.167. The minimum Gasteiger partial charge on any atom is -0.412 e. The molecule has 0 heterocycles. The largest absolute Gasteiger partial charge is 0.412 e. The van der Waals surface area contributed by atoms with Crippen molar-refractivity contribution in [1.29, 1.82) is 0 Å². The van der Waals surface area contributed by atoms with Gasteiger partial charge in [0.05, 0.1) is 6.42 Å². The number of hydrogen-bond acceptors (Lipinski definition) is 0. The molecule has 3 heteroatoms. The van der Waals surface area contributed by atoms with E-state index in [0.29, 0.717) is 5.71 Å². The maximum Gasteiger partial charge on any atom is 0.295 e. The van der Waals surface area contributed by atoms with Crippen LogP contribution in [-0.2, 0) is 0 Å². The lowest BCUT2D eigenvalue weighted by Crippen LogP contribution is -1.93. The van der Waals surface area contributed by atoms with Crippen LogP contribution in [0.5, 0.6) is 0 Å². The summed E-state index contributed by atoms with van der Waals surface area (Å²) in [5.41, 5.74) is 8.91. The Bertz CT molecular complexity index is 187. The lowest BCUT2D eigenvalue weighted by Gasteiger charge is -1.85. The second-order valence-corrected chi connectivity index (χ2v) is 1.58. The molecule has 0 aliphatic heterocycles. The van der Waals surface area contributed by atoms with Gasteiger partial charge in [-0.25, -0.2) is 0 Å². The minimum absolute atomic E-state index is 0. The third-order valence-electron chi connectivity index (χ3n) is 0.991. The maximum absolute atomic E-state index is 8.19. The first-order chi connectivity index (χ1) is 3.93. The SMILES string of the molecule is O.[N-]=[N+]=C1C=CC=CC1. The summed E-state index contributed by atoms with van der Waals surface area (Å²) < 4.78 is 0. The molecule has 48 valence electrons. The summed E-state index contributed by atoms with van der Waals surface area (Å²) in [6.07, 6.45) is 8.23. The van der Waals surface area contributed by atoms with Crippen molar-refractivity contribution < 1.29 is 10.3 Å². The van der Waals surface area contributed by atoms with Crippen molar-refractivity contribution in [2.45, 2.75) is 6.42 Å². The van der Waals surface area contributed by atoms with Gasteiger partial charge in [-0.2, -0.15) is 4.79 Å². The molecule has 3 nitrogen and oxygen atoms in total. The average molecular weight is 124 g/mol. The van der Waals surface area contributed by atoms with E-state index in [2.05, 4.69) is 4.79 Å². The van der Waals surface area contributed by atoms with Gasteiger partial charge in [-0.1, -0.05) is 18.2 Å². The zero-order valence-electron chi connectivity index (χ0n) is 4.91. The van der Waals surface area contributed by atoms with Crippen molar-refractivity contribution in [3.8, 4) is 0 Å². The van der Waals surface area contributed by atoms with Gasteiger partial charge in [0.15, 0.2) is 0 Å². The van der Waals surface area contributed by atoms with Crippen LogP contribution >= 0.6 is 0 Å². The van der Waals surface area contributed by atoms with E-state index in [-0.39, 0.29) is 5.48 Å². The van der Waals surface area contributed by atoms with Gasteiger partial charge in [0.2, 0.25) is 0 Å². The van der Waals surface area contributed by atoms with Gasteiger partial charge in [-0.3, -0.25) is 0 Å². The van der Waals surface area contributed by atoms with Gasteiger partial charge < -0.3 is 11.0 Å². The third-order valence-corrected chi connectivity index (χ3v) is 0.991. The van der Waals surface area contributed by atoms with Crippen LogP contribution in [0, 0.1) is 0 Å². The fourth-order valence-corrected chi connectivity index (χ4v) is 0.576. The molecular formula is C6H8N2O. The predicted molar refractivity (Wildman–Crippen MR) is 35.1 cm³/mol. The van der Waals surface area contributed by atoms with E-state index in [1.54, 1.807) is 6.08 Å². The molecule has 0 unspecified atom stereocenters. The van der Waals surface area contributed by atoms with Gasteiger partial charge in [0.25, 0.3) is 5.71 Å². The van der Waals surface area contributed by atoms with Gasteiger partial charge >= 0.3 is 0 Å². The predicted octanol–water partition coefficient (Wildman–Crippen LogP) is 0.349. The molecular weight excluding hydrogens is 116 g/mol. The molecule has 0 bridgehead atoms. The van der Waals surface area contributed by atoms with Gasteiger partial charge in [0, 0.05) is 6.08 Å². The molecule has 0 saturated heterocycles. The molecule has 0 spiro atoms. The van der Waals surface area contributed by atoms with E-state index in [0.717, 1.165) is 6.42 Å². The Hall–Kier alpha value is -1.18. The van der Waals surface area contributed by atoms with Crippen molar-refractivity contribution >= 4 is 5.71 Å². The summed E-state index contributed by atoms with van der Waals surface area (Å²) in [5.74, 6) is 0. The zero-order valence-corrected chi connectivity index (χ0v) is 4.91. The highest BCUT2D eigenvalue weighted by molar-refractivity contribution is 5.92. The monoisotopic (exact) mass is 124 g/mol. The minimum atomic E-state index is 0. The second kappa shape index (κ2) is 3.78. The standard InChI is InChI=1S/C6H6N2.H2O/c7-8-6-4-2-1-3-5-6;/h1-4H,5H2;1H2. The number of allylic oxidation sites excluding steroid dienone is 4. The summed E-state index contributed by atoms with van der Waals surface area (Å²) >= 11 is 0. The van der Waals surface area contributed by atoms with Gasteiger partial charge in [-0.05, 0) is 0 Å². The summed E-state index contributed by atoms with van der Waals surface area (Å²) in [7, 11) is 0. The number of hydrogen-bond donors (Lipinski definition) is 0. The van der Waals surface area contributed by atoms with E-state index in [1.807, 2.05) is 18.2 Å². The van der Waals surface area contributed by atoms with E-state index >= 15 is 0 Å². The lowest BCUT2D eigenvalue weighted by molar-refractivity contribution is -0.00537. The average Bonchev–Trinajstić information content (AvgIpc) is 1.90. The van der Waals surface area contributed by atoms with Crippen LogP contribution in [0.1, 0.15) is 6.42 Å². The molecule has 9 heavy (non-hydrogen) atoms. The van der Waals surface area contributed by atoms with Crippen LogP contribution in [0.15, 0.2) is 24.3 Å². The molecule has 0 fully saturated rings. The molecule has 1 rings (SSSR count). The molecule has 2 N–H and O–H groups in total. The number of nitrogens with zero attached hydrogens (tertiary/aromatic N) is 2. The molecule has 0 amide bonds. The van der Waals surface area contributed by atoms with Crippen LogP contribution in [0.3, 0.4) is 0 Å². The first kappa shape index (κ1) is 7.82. The lowest BCUT2D eigenvalue weighted by atomic mass is 10.2. The Balaban J connectivity index is 0.000000640. The Morgan fingerprint density at radius 1 is 1.44 bits per heavy atom. The first-order valence-electron chi connectivity index (χ1n) is 2.47. The van der Waals surface area contributed by atoms with Crippen molar-refractivity contribution in [1.82, 2.24) is 0 Å². The summed E-state index contributed by atoms with van der Waals surface area (Å²) in [6, 6.07) is 0. The molecule has 0 aromatic carbocycles. The summed E-state index contributed by atoms with van der Waals surface area (Å²) in [6.45, 7) is 0.